The van der Waals surface area contributed by atoms with Crippen LogP contribution in [0.5, 0.6) is 0 Å². The van der Waals surface area contributed by atoms with E-state index in [-0.39, 0.29) is 22.4 Å². The first kappa shape index (κ1) is 17.7. The van der Waals surface area contributed by atoms with E-state index in [4.69, 9.17) is 0 Å². The van der Waals surface area contributed by atoms with E-state index < -0.39 is 26.1 Å². The van der Waals surface area contributed by atoms with Gasteiger partial charge >= 0.3 is 5.69 Å². The van der Waals surface area contributed by atoms with Gasteiger partial charge in [0.2, 0.25) is 0 Å². The molecule has 13 heteroatoms. The molecule has 13 nitrogen and oxygen atoms in total. The molecule has 0 amide bonds. The number of non-ortho nitro benzene ring substituents is 2. The molecule has 0 radical (unpaired) electrons. The average Bonchev–Trinajstić information content (AvgIpc) is 3.04. The van der Waals surface area contributed by atoms with Crippen LogP contribution < -0.4 is 4.90 Å². The van der Waals surface area contributed by atoms with E-state index in [0.717, 1.165) is 23.0 Å². The first-order valence-electron chi connectivity index (χ1n) is 7.35. The van der Waals surface area contributed by atoms with Gasteiger partial charge in [-0.2, -0.15) is 0 Å². The molecule has 0 aliphatic rings. The largest absolute Gasteiger partial charge is 0.376 e. The average molecular weight is 373 g/mol. The lowest BCUT2D eigenvalue weighted by Gasteiger charge is -2.11. The minimum atomic E-state index is -0.808. The maximum absolute atomic E-state index is 11.3. The molecule has 0 bridgehead atoms. The molecular weight excluding hydrogens is 362 g/mol. The van der Waals surface area contributed by atoms with E-state index in [1.54, 1.807) is 19.0 Å². The lowest BCUT2D eigenvalue weighted by Crippen LogP contribution is -2.09. The monoisotopic (exact) mass is 373 g/mol. The van der Waals surface area contributed by atoms with Crippen molar-refractivity contribution in [3.63, 3.8) is 0 Å². The predicted octanol–water partition coefficient (Wildman–Crippen LogP) is 2.21. The summed E-state index contributed by atoms with van der Waals surface area (Å²) in [5.41, 5.74) is -0.903. The van der Waals surface area contributed by atoms with Gasteiger partial charge in [-0.15, -0.1) is 15.0 Å². The van der Waals surface area contributed by atoms with Gasteiger partial charge in [0.1, 0.15) is 5.52 Å². The fraction of sp³-hybridized carbons (Fsp3) is 0.143. The molecular formula is C14H11N7O6. The Hall–Kier alpha value is -4.16. The number of fused-ring (bicyclic) bond motifs is 1. The van der Waals surface area contributed by atoms with Gasteiger partial charge in [-0.1, -0.05) is 0 Å². The van der Waals surface area contributed by atoms with Crippen LogP contribution in [0.2, 0.25) is 0 Å². The van der Waals surface area contributed by atoms with Crippen LogP contribution in [0.4, 0.5) is 22.7 Å². The lowest BCUT2D eigenvalue weighted by molar-refractivity contribution is -0.394. The molecule has 138 valence electrons. The summed E-state index contributed by atoms with van der Waals surface area (Å²) < 4.78 is 0. The molecule has 1 heterocycles. The minimum absolute atomic E-state index is 0.0566. The highest BCUT2D eigenvalue weighted by molar-refractivity contribution is 5.94. The van der Waals surface area contributed by atoms with Gasteiger partial charge in [0.05, 0.1) is 26.5 Å². The van der Waals surface area contributed by atoms with Crippen molar-refractivity contribution in [3.05, 3.63) is 60.7 Å². The van der Waals surface area contributed by atoms with Crippen molar-refractivity contribution >= 4 is 33.8 Å². The van der Waals surface area contributed by atoms with Gasteiger partial charge < -0.3 is 4.90 Å². The highest BCUT2D eigenvalue weighted by Crippen LogP contribution is 2.33. The summed E-state index contributed by atoms with van der Waals surface area (Å²) in [6.45, 7) is 0. The molecule has 0 atom stereocenters. The highest BCUT2D eigenvalue weighted by Gasteiger charge is 2.26. The Balaban J connectivity index is 2.31. The Bertz CT molecular complexity index is 1110. The molecule has 0 N–H and O–H groups in total. The molecule has 2 aromatic carbocycles. The van der Waals surface area contributed by atoms with E-state index >= 15 is 0 Å². The summed E-state index contributed by atoms with van der Waals surface area (Å²) in [4.78, 5) is 33.8. The van der Waals surface area contributed by atoms with Crippen LogP contribution in [0.25, 0.3) is 16.7 Å². The highest BCUT2D eigenvalue weighted by atomic mass is 16.6. The van der Waals surface area contributed by atoms with Crippen LogP contribution in [-0.2, 0) is 0 Å². The zero-order valence-electron chi connectivity index (χ0n) is 14.0. The third-order valence-electron chi connectivity index (χ3n) is 3.76. The number of benzene rings is 2. The van der Waals surface area contributed by atoms with E-state index in [9.17, 15) is 30.3 Å². The zero-order chi connectivity index (χ0) is 19.9. The van der Waals surface area contributed by atoms with Gasteiger partial charge in [0.25, 0.3) is 11.4 Å². The Morgan fingerprint density at radius 2 is 1.48 bits per heavy atom. The summed E-state index contributed by atoms with van der Waals surface area (Å²) in [7, 11) is 3.40. The molecule has 0 saturated heterocycles. The van der Waals surface area contributed by atoms with Gasteiger partial charge in [-0.25, -0.2) is 0 Å². The molecule has 0 aliphatic carbocycles. The molecule has 0 spiro atoms. The third kappa shape index (κ3) is 2.97. The predicted molar refractivity (Wildman–Crippen MR) is 93.2 cm³/mol. The standard InChI is InChI=1S/C14H11N7O6/c1-17(2)10-5-6-11(20(24)25)14-13(10)15-18(16-14)9-4-3-8(19(22)23)7-12(9)21(26)27/h3-7H,1-2H3. The Morgan fingerprint density at radius 1 is 0.852 bits per heavy atom. The number of nitro benzene ring substituents is 3. The molecule has 0 aliphatic heterocycles. The van der Waals surface area contributed by atoms with Gasteiger partial charge in [-0.05, 0) is 12.1 Å². The van der Waals surface area contributed by atoms with Gasteiger partial charge in [0.15, 0.2) is 11.2 Å². The number of nitrogens with zero attached hydrogens (tertiary/aromatic N) is 7. The summed E-state index contributed by atoms with van der Waals surface area (Å²) in [6.07, 6.45) is 0. The number of nitro groups is 3. The Kier molecular flexibility index (Phi) is 4.11. The molecule has 1 aromatic heterocycles. The fourth-order valence-corrected chi connectivity index (χ4v) is 2.52. The SMILES string of the molecule is CN(C)c1ccc([N+](=O)[O-])c2nn(-c3ccc([N+](=O)[O-])cc3[N+](=O)[O-])nc12. The van der Waals surface area contributed by atoms with Crippen LogP contribution in [0, 0.1) is 30.3 Å². The number of rotatable bonds is 5. The summed E-state index contributed by atoms with van der Waals surface area (Å²) in [5.74, 6) is 0. The van der Waals surface area contributed by atoms with Crippen molar-refractivity contribution in [3.8, 4) is 5.69 Å². The molecule has 0 fully saturated rings. The van der Waals surface area contributed by atoms with Crippen LogP contribution in [-0.4, -0.2) is 43.9 Å². The van der Waals surface area contributed by atoms with Crippen molar-refractivity contribution < 1.29 is 14.8 Å². The molecule has 3 rings (SSSR count). The number of anilines is 1. The van der Waals surface area contributed by atoms with Crippen molar-refractivity contribution in [2.45, 2.75) is 0 Å². The maximum Gasteiger partial charge on any atom is 0.303 e. The van der Waals surface area contributed by atoms with E-state index in [1.807, 2.05) is 0 Å². The molecule has 3 aromatic rings. The molecule has 27 heavy (non-hydrogen) atoms. The van der Waals surface area contributed by atoms with Gasteiger partial charge in [-0.3, -0.25) is 30.3 Å². The number of hydrogen-bond acceptors (Lipinski definition) is 9. The topological polar surface area (TPSA) is 163 Å². The minimum Gasteiger partial charge on any atom is -0.376 e. The van der Waals surface area contributed by atoms with E-state index in [0.29, 0.717) is 5.69 Å². The van der Waals surface area contributed by atoms with Crippen LogP contribution in [0.1, 0.15) is 0 Å². The van der Waals surface area contributed by atoms with Crippen molar-refractivity contribution in [1.29, 1.82) is 0 Å². The first-order chi connectivity index (χ1) is 12.7. The Morgan fingerprint density at radius 3 is 2.04 bits per heavy atom. The lowest BCUT2D eigenvalue weighted by atomic mass is 10.2. The maximum atomic E-state index is 11.3. The van der Waals surface area contributed by atoms with Crippen molar-refractivity contribution in [1.82, 2.24) is 15.0 Å². The molecule has 0 saturated carbocycles. The van der Waals surface area contributed by atoms with E-state index in [2.05, 4.69) is 10.2 Å². The quantitative estimate of drug-likeness (QED) is 0.481. The second-order valence-electron chi connectivity index (χ2n) is 5.63. The number of aromatic nitrogens is 3. The number of hydrogen-bond donors (Lipinski definition) is 0. The summed E-state index contributed by atoms with van der Waals surface area (Å²) >= 11 is 0. The van der Waals surface area contributed by atoms with Crippen molar-refractivity contribution in [2.75, 3.05) is 19.0 Å². The van der Waals surface area contributed by atoms with E-state index in [1.165, 1.54) is 12.1 Å². The van der Waals surface area contributed by atoms with Crippen LogP contribution in [0.3, 0.4) is 0 Å². The fourth-order valence-electron chi connectivity index (χ4n) is 2.52. The summed E-state index contributed by atoms with van der Waals surface area (Å²) in [6, 6.07) is 5.73. The zero-order valence-corrected chi connectivity index (χ0v) is 14.0. The normalized spacial score (nSPS) is 10.7. The van der Waals surface area contributed by atoms with Crippen LogP contribution in [0.15, 0.2) is 30.3 Å². The smallest absolute Gasteiger partial charge is 0.303 e. The first-order valence-corrected chi connectivity index (χ1v) is 7.35. The van der Waals surface area contributed by atoms with Gasteiger partial charge in [0, 0.05) is 26.2 Å². The van der Waals surface area contributed by atoms with Crippen molar-refractivity contribution in [2.24, 2.45) is 0 Å². The third-order valence-corrected chi connectivity index (χ3v) is 3.76. The summed E-state index contributed by atoms with van der Waals surface area (Å²) in [5, 5.41) is 41.6. The Labute approximate surface area is 149 Å². The second kappa shape index (κ2) is 6.29. The second-order valence-corrected chi connectivity index (χ2v) is 5.63. The van der Waals surface area contributed by atoms with Crippen LogP contribution >= 0.6 is 0 Å². The molecule has 0 unspecified atom stereocenters.